The van der Waals surface area contributed by atoms with E-state index in [0.29, 0.717) is 19.4 Å². The molecule has 1 saturated carbocycles. The lowest BCUT2D eigenvalue weighted by molar-refractivity contribution is -0.128. The minimum absolute atomic E-state index is 0.0356. The molecule has 0 aliphatic heterocycles. The highest BCUT2D eigenvalue weighted by Crippen LogP contribution is 2.46. The third-order valence-electron chi connectivity index (χ3n) is 5.52. The molecule has 2 aromatic carbocycles. The van der Waals surface area contributed by atoms with Crippen LogP contribution in [-0.2, 0) is 9.22 Å². The zero-order valence-corrected chi connectivity index (χ0v) is 18.6. The van der Waals surface area contributed by atoms with Gasteiger partial charge in [-0.1, -0.05) is 105 Å². The summed E-state index contributed by atoms with van der Waals surface area (Å²) < 4.78 is 5.57. The van der Waals surface area contributed by atoms with Crippen LogP contribution < -0.4 is 10.4 Å². The second-order valence-electron chi connectivity index (χ2n) is 8.25. The Morgan fingerprint density at radius 2 is 1.48 bits per heavy atom. The first-order valence-electron chi connectivity index (χ1n) is 9.35. The number of hydrogen-bond donors (Lipinski definition) is 0. The molecule has 1 aliphatic carbocycles. The summed E-state index contributed by atoms with van der Waals surface area (Å²) in [5, 5.41) is 2.43. The van der Waals surface area contributed by atoms with Crippen LogP contribution in [0.3, 0.4) is 0 Å². The van der Waals surface area contributed by atoms with Crippen LogP contribution in [0.25, 0.3) is 0 Å². The number of ketones is 1. The molecule has 0 aromatic heterocycles. The van der Waals surface area contributed by atoms with Gasteiger partial charge in [-0.3, -0.25) is 4.79 Å². The van der Waals surface area contributed by atoms with Crippen molar-refractivity contribution in [2.24, 2.45) is 5.92 Å². The van der Waals surface area contributed by atoms with Crippen molar-refractivity contribution in [3.8, 4) is 0 Å². The Hall–Kier alpha value is -1.13. The third kappa shape index (κ3) is 3.75. The van der Waals surface area contributed by atoms with E-state index in [1.54, 1.807) is 0 Å². The molecule has 1 atom stereocenters. The van der Waals surface area contributed by atoms with Crippen molar-refractivity contribution < 1.29 is 9.22 Å². The molecule has 1 aliphatic rings. The van der Waals surface area contributed by atoms with E-state index in [1.807, 2.05) is 12.1 Å². The summed E-state index contributed by atoms with van der Waals surface area (Å²) in [6.07, 6.45) is 1.13. The zero-order chi connectivity index (χ0) is 19.7. The van der Waals surface area contributed by atoms with Gasteiger partial charge in [-0.2, -0.15) is 0 Å². The van der Waals surface area contributed by atoms with E-state index < -0.39 is 12.7 Å². The molecule has 0 bridgehead atoms. The van der Waals surface area contributed by atoms with Crippen molar-refractivity contribution in [2.45, 2.75) is 43.0 Å². The van der Waals surface area contributed by atoms with Gasteiger partial charge in [-0.05, 0) is 21.8 Å². The molecule has 3 rings (SSSR count). The van der Waals surface area contributed by atoms with E-state index in [2.05, 4.69) is 69.3 Å². The Bertz CT molecular complexity index is 745. The maximum atomic E-state index is 11.6. The monoisotopic (exact) mass is 420 g/mol. The lowest BCUT2D eigenvalue weighted by Crippen LogP contribution is -2.66. The van der Waals surface area contributed by atoms with Crippen molar-refractivity contribution >= 4 is 47.7 Å². The first kappa shape index (κ1) is 20.6. The molecule has 1 unspecified atom stereocenters. The van der Waals surface area contributed by atoms with Gasteiger partial charge in [-0.15, -0.1) is 0 Å². The van der Waals surface area contributed by atoms with Gasteiger partial charge in [-0.25, -0.2) is 0 Å². The maximum Gasteiger partial charge on any atom is 0.261 e. The summed E-state index contributed by atoms with van der Waals surface area (Å²) in [6, 6.07) is 21.0. The Morgan fingerprint density at radius 3 is 1.85 bits per heavy atom. The normalized spacial score (nSPS) is 19.6. The molecule has 2 nitrogen and oxygen atoms in total. The highest BCUT2D eigenvalue weighted by atomic mass is 35.5. The molecule has 2 aromatic rings. The molecule has 1 fully saturated rings. The van der Waals surface area contributed by atoms with Crippen LogP contribution in [0, 0.1) is 5.92 Å². The first-order valence-corrected chi connectivity index (χ1v) is 12.0. The lowest BCUT2D eigenvalue weighted by atomic mass is 9.80. The number of carbonyl (C=O) groups is 1. The fourth-order valence-corrected chi connectivity index (χ4v) is 9.09. The highest BCUT2D eigenvalue weighted by Gasteiger charge is 2.53. The molecule has 0 N–H and O–H groups in total. The number of halogens is 2. The Labute approximate surface area is 173 Å². The molecule has 0 spiro atoms. The van der Waals surface area contributed by atoms with Gasteiger partial charge in [0, 0.05) is 18.9 Å². The Morgan fingerprint density at radius 1 is 1.00 bits per heavy atom. The van der Waals surface area contributed by atoms with Gasteiger partial charge in [0.15, 0.2) is 10.1 Å². The summed E-state index contributed by atoms with van der Waals surface area (Å²) in [5.74, 6) is -0.118. The summed E-state index contributed by atoms with van der Waals surface area (Å²) in [4.78, 5) is 11.6. The zero-order valence-electron chi connectivity index (χ0n) is 16.0. The fourth-order valence-electron chi connectivity index (χ4n) is 3.98. The number of alkyl halides is 2. The van der Waals surface area contributed by atoms with E-state index in [4.69, 9.17) is 27.6 Å². The predicted molar refractivity (Wildman–Crippen MR) is 116 cm³/mol. The standard InChI is InChI=1S/C22H26Cl2O2Si/c1-21(2,3)27(18-10-6-4-7-11-18,19-12-8-5-9-13-19)26-15-14-17-16-20(25)22(17,23)24/h4-13,17H,14-16H2,1-3H3. The van der Waals surface area contributed by atoms with E-state index in [9.17, 15) is 4.79 Å². The number of rotatable bonds is 6. The van der Waals surface area contributed by atoms with Crippen LogP contribution in [0.5, 0.6) is 0 Å². The van der Waals surface area contributed by atoms with Gasteiger partial charge >= 0.3 is 0 Å². The van der Waals surface area contributed by atoms with E-state index in [1.165, 1.54) is 10.4 Å². The fraction of sp³-hybridized carbons (Fsp3) is 0.409. The average molecular weight is 421 g/mol. The molecular weight excluding hydrogens is 395 g/mol. The van der Waals surface area contributed by atoms with Gasteiger partial charge in [0.2, 0.25) is 0 Å². The van der Waals surface area contributed by atoms with Crippen LogP contribution in [-0.4, -0.2) is 25.0 Å². The predicted octanol–water partition coefficient (Wildman–Crippen LogP) is 4.72. The smallest absolute Gasteiger partial charge is 0.261 e. The molecule has 0 saturated heterocycles. The third-order valence-corrected chi connectivity index (χ3v) is 11.6. The molecule has 27 heavy (non-hydrogen) atoms. The Balaban J connectivity index is 1.94. The number of Topliss-reactive ketones (excluding diaryl/α,β-unsaturated/α-hetero) is 1. The summed E-state index contributed by atoms with van der Waals surface area (Å²) in [7, 11) is -2.54. The number of carbonyl (C=O) groups excluding carboxylic acids is 1. The first-order chi connectivity index (χ1) is 12.7. The number of benzene rings is 2. The quantitative estimate of drug-likeness (QED) is 0.499. The Kier molecular flexibility index (Phi) is 5.88. The SMILES string of the molecule is CC(C)(C)[Si](OCCC1CC(=O)C1(Cl)Cl)(c1ccccc1)c1ccccc1. The van der Waals surface area contributed by atoms with Gasteiger partial charge in [0.1, 0.15) is 0 Å². The second-order valence-corrected chi connectivity index (χ2v) is 13.9. The van der Waals surface area contributed by atoms with Crippen molar-refractivity contribution in [1.29, 1.82) is 0 Å². The number of hydrogen-bond acceptors (Lipinski definition) is 2. The summed E-state index contributed by atoms with van der Waals surface area (Å²) in [5.41, 5.74) is 0. The summed E-state index contributed by atoms with van der Waals surface area (Å²) in [6.45, 7) is 7.28. The largest absolute Gasteiger partial charge is 0.407 e. The van der Waals surface area contributed by atoms with E-state index in [0.717, 1.165) is 0 Å². The van der Waals surface area contributed by atoms with Gasteiger partial charge in [0.05, 0.1) is 0 Å². The van der Waals surface area contributed by atoms with Crippen molar-refractivity contribution in [3.05, 3.63) is 60.7 Å². The highest BCUT2D eigenvalue weighted by molar-refractivity contribution is 6.99. The van der Waals surface area contributed by atoms with Crippen molar-refractivity contribution in [1.82, 2.24) is 0 Å². The van der Waals surface area contributed by atoms with Gasteiger partial charge in [0.25, 0.3) is 8.32 Å². The summed E-state index contributed by atoms with van der Waals surface area (Å²) >= 11 is 12.3. The van der Waals surface area contributed by atoms with Crippen LogP contribution in [0.1, 0.15) is 33.6 Å². The van der Waals surface area contributed by atoms with Crippen molar-refractivity contribution in [3.63, 3.8) is 0 Å². The second kappa shape index (κ2) is 7.71. The maximum absolute atomic E-state index is 11.6. The minimum Gasteiger partial charge on any atom is -0.407 e. The molecule has 144 valence electrons. The van der Waals surface area contributed by atoms with Crippen LogP contribution >= 0.6 is 23.2 Å². The van der Waals surface area contributed by atoms with Crippen LogP contribution in [0.2, 0.25) is 5.04 Å². The molecule has 5 heteroatoms. The van der Waals surface area contributed by atoms with Crippen LogP contribution in [0.4, 0.5) is 0 Å². The minimum atomic E-state index is -2.54. The topological polar surface area (TPSA) is 26.3 Å². The van der Waals surface area contributed by atoms with Crippen LogP contribution in [0.15, 0.2) is 60.7 Å². The lowest BCUT2D eigenvalue weighted by Gasteiger charge is -2.44. The van der Waals surface area contributed by atoms with Crippen molar-refractivity contribution in [2.75, 3.05) is 6.61 Å². The van der Waals surface area contributed by atoms with E-state index >= 15 is 0 Å². The van der Waals surface area contributed by atoms with Gasteiger partial charge < -0.3 is 4.43 Å². The molecule has 0 amide bonds. The molecule has 0 heterocycles. The molecular formula is C22H26Cl2O2Si. The molecule has 0 radical (unpaired) electrons. The van der Waals surface area contributed by atoms with E-state index in [-0.39, 0.29) is 16.7 Å². The average Bonchev–Trinajstić information content (AvgIpc) is 2.65.